The van der Waals surface area contributed by atoms with E-state index in [9.17, 15) is 30.7 Å². The van der Waals surface area contributed by atoms with Crippen LogP contribution in [0.5, 0.6) is 0 Å². The molecule has 1 nitrogen and oxygen atoms in total. The van der Waals surface area contributed by atoms with Crippen LogP contribution in [-0.2, 0) is 4.74 Å². The predicted octanol–water partition coefficient (Wildman–Crippen LogP) is 4.19. The molecule has 18 heavy (non-hydrogen) atoms. The summed E-state index contributed by atoms with van der Waals surface area (Å²) in [5.74, 6) is -13.8. The lowest BCUT2D eigenvalue weighted by Gasteiger charge is -2.28. The molecule has 0 N–H and O–H groups in total. The summed E-state index contributed by atoms with van der Waals surface area (Å²) in [6, 6.07) is 0. The number of allylic oxidation sites excluding steroid dienone is 1. The lowest BCUT2D eigenvalue weighted by atomic mass is 10.1. The maximum atomic E-state index is 13.0. The average Bonchev–Trinajstić information content (AvgIpc) is 2.68. The number of ether oxygens (including phenoxy) is 1. The van der Waals surface area contributed by atoms with Gasteiger partial charge in [0.1, 0.15) is 5.44 Å². The highest BCUT2D eigenvalue weighted by atomic mass is 79.9. The van der Waals surface area contributed by atoms with Crippen LogP contribution in [-0.4, -0.2) is 34.5 Å². The molecular formula is C8H6BrF7OS. The number of halogens is 8. The standard InChI is InChI=1S/C8H6BrF7OS/c9-8(15,16)7(13,14)6(11,12)4(10)3-5-17-1-2-18-5/h3,5H,1-2H2/b4-3-. The quantitative estimate of drug-likeness (QED) is 0.547. The van der Waals surface area contributed by atoms with Crippen molar-refractivity contribution in [2.45, 2.75) is 22.1 Å². The first-order valence-electron chi connectivity index (χ1n) is 4.43. The van der Waals surface area contributed by atoms with Crippen molar-refractivity contribution in [3.05, 3.63) is 11.9 Å². The molecule has 1 heterocycles. The van der Waals surface area contributed by atoms with E-state index in [0.717, 1.165) is 27.7 Å². The molecule has 0 radical (unpaired) electrons. The Hall–Kier alpha value is 0.0400. The Morgan fingerprint density at radius 3 is 2.17 bits per heavy atom. The van der Waals surface area contributed by atoms with Crippen LogP contribution in [0, 0.1) is 0 Å². The Morgan fingerprint density at radius 2 is 1.78 bits per heavy atom. The highest BCUT2D eigenvalue weighted by Gasteiger charge is 2.72. The van der Waals surface area contributed by atoms with Crippen LogP contribution >= 0.6 is 27.7 Å². The molecule has 0 spiro atoms. The Kier molecular flexibility index (Phi) is 4.65. The van der Waals surface area contributed by atoms with E-state index in [4.69, 9.17) is 0 Å². The van der Waals surface area contributed by atoms with E-state index in [1.807, 2.05) is 0 Å². The second-order valence-electron chi connectivity index (χ2n) is 3.27. The summed E-state index contributed by atoms with van der Waals surface area (Å²) in [6.07, 6.45) is 0.0737. The average molecular weight is 363 g/mol. The SMILES string of the molecule is F/C(=C\C1OCCS1)C(F)(F)C(F)(F)C(F)(F)Br. The molecule has 0 bridgehead atoms. The molecule has 0 amide bonds. The molecule has 0 aromatic carbocycles. The fourth-order valence-electron chi connectivity index (χ4n) is 1.02. The van der Waals surface area contributed by atoms with Gasteiger partial charge in [-0.2, -0.15) is 26.3 Å². The molecule has 1 aliphatic rings. The second kappa shape index (κ2) is 5.20. The van der Waals surface area contributed by atoms with Crippen molar-refractivity contribution < 1.29 is 35.5 Å². The van der Waals surface area contributed by atoms with Crippen molar-refractivity contribution in [1.82, 2.24) is 0 Å². The third-order valence-corrected chi connectivity index (χ3v) is 3.48. The van der Waals surface area contributed by atoms with Gasteiger partial charge < -0.3 is 4.74 Å². The molecule has 10 heteroatoms. The normalized spacial score (nSPS) is 23.6. The molecule has 0 aliphatic carbocycles. The monoisotopic (exact) mass is 362 g/mol. The number of hydrogen-bond acceptors (Lipinski definition) is 2. The Morgan fingerprint density at radius 1 is 1.22 bits per heavy atom. The van der Waals surface area contributed by atoms with Crippen LogP contribution in [0.4, 0.5) is 30.7 Å². The first-order chi connectivity index (χ1) is 8.00. The largest absolute Gasteiger partial charge is 0.388 e. The van der Waals surface area contributed by atoms with Gasteiger partial charge in [-0.15, -0.1) is 11.8 Å². The summed E-state index contributed by atoms with van der Waals surface area (Å²) in [6.45, 7) is 0.135. The lowest BCUT2D eigenvalue weighted by molar-refractivity contribution is -0.263. The second-order valence-corrected chi connectivity index (χ2v) is 5.47. The fraction of sp³-hybridized carbons (Fsp3) is 0.750. The van der Waals surface area contributed by atoms with Crippen LogP contribution < -0.4 is 0 Å². The van der Waals surface area contributed by atoms with Crippen molar-refractivity contribution >= 4 is 27.7 Å². The Labute approximate surface area is 110 Å². The maximum absolute atomic E-state index is 13.0. The Bertz CT molecular complexity index is 335. The van der Waals surface area contributed by atoms with E-state index < -0.39 is 27.9 Å². The summed E-state index contributed by atoms with van der Waals surface area (Å²) in [5, 5.41) is 0. The Balaban J connectivity index is 2.97. The van der Waals surface area contributed by atoms with Gasteiger partial charge in [0.05, 0.1) is 6.61 Å². The van der Waals surface area contributed by atoms with Crippen LogP contribution in [0.1, 0.15) is 0 Å². The minimum atomic E-state index is -5.90. The number of rotatable bonds is 4. The minimum Gasteiger partial charge on any atom is -0.362 e. The third-order valence-electron chi connectivity index (χ3n) is 1.98. The molecule has 106 valence electrons. The highest BCUT2D eigenvalue weighted by Crippen LogP contribution is 2.52. The van der Waals surface area contributed by atoms with E-state index in [0.29, 0.717) is 5.75 Å². The van der Waals surface area contributed by atoms with Gasteiger partial charge in [0.2, 0.25) is 0 Å². The minimum absolute atomic E-state index is 0.0737. The van der Waals surface area contributed by atoms with E-state index >= 15 is 0 Å². The van der Waals surface area contributed by atoms with E-state index in [1.165, 1.54) is 0 Å². The van der Waals surface area contributed by atoms with Crippen LogP contribution in [0.15, 0.2) is 11.9 Å². The summed E-state index contributed by atoms with van der Waals surface area (Å²) in [5.41, 5.74) is -1.18. The number of alkyl halides is 7. The molecular weight excluding hydrogens is 357 g/mol. The molecule has 0 aromatic heterocycles. The van der Waals surface area contributed by atoms with Crippen LogP contribution in [0.3, 0.4) is 0 Å². The molecule has 0 saturated carbocycles. The van der Waals surface area contributed by atoms with Gasteiger partial charge in [-0.1, -0.05) is 0 Å². The van der Waals surface area contributed by atoms with Gasteiger partial charge in [0, 0.05) is 5.75 Å². The van der Waals surface area contributed by atoms with E-state index in [2.05, 4.69) is 4.74 Å². The van der Waals surface area contributed by atoms with Gasteiger partial charge in [0.15, 0.2) is 5.83 Å². The van der Waals surface area contributed by atoms with Crippen molar-refractivity contribution in [3.8, 4) is 0 Å². The summed E-state index contributed by atoms with van der Waals surface area (Å²) in [4.78, 5) is -5.24. The molecule has 1 saturated heterocycles. The zero-order chi connectivity index (χ0) is 14.2. The molecule has 1 atom stereocenters. The first-order valence-corrected chi connectivity index (χ1v) is 6.27. The van der Waals surface area contributed by atoms with Gasteiger partial charge in [-0.25, -0.2) is 4.39 Å². The van der Waals surface area contributed by atoms with Crippen LogP contribution in [0.2, 0.25) is 0 Å². The summed E-state index contributed by atoms with van der Waals surface area (Å²) < 4.78 is 93.8. The topological polar surface area (TPSA) is 9.23 Å². The van der Waals surface area contributed by atoms with Crippen molar-refractivity contribution in [3.63, 3.8) is 0 Å². The maximum Gasteiger partial charge on any atom is 0.388 e. The first kappa shape index (κ1) is 16.1. The van der Waals surface area contributed by atoms with E-state index in [-0.39, 0.29) is 12.7 Å². The predicted molar refractivity (Wildman–Crippen MR) is 55.2 cm³/mol. The lowest BCUT2D eigenvalue weighted by Crippen LogP contribution is -2.51. The highest BCUT2D eigenvalue weighted by molar-refractivity contribution is 9.10. The molecule has 1 fully saturated rings. The molecule has 1 aliphatic heterocycles. The zero-order valence-corrected chi connectivity index (χ0v) is 10.8. The number of hydrogen-bond donors (Lipinski definition) is 0. The molecule has 1 rings (SSSR count). The van der Waals surface area contributed by atoms with E-state index in [1.54, 1.807) is 0 Å². The smallest absolute Gasteiger partial charge is 0.362 e. The summed E-state index contributed by atoms with van der Waals surface area (Å²) >= 11 is 2.01. The van der Waals surface area contributed by atoms with Crippen molar-refractivity contribution in [2.24, 2.45) is 0 Å². The van der Waals surface area contributed by atoms with Gasteiger partial charge in [-0.3, -0.25) is 0 Å². The van der Waals surface area contributed by atoms with Crippen LogP contribution in [0.25, 0.3) is 0 Å². The van der Waals surface area contributed by atoms with Crippen molar-refractivity contribution in [2.75, 3.05) is 12.4 Å². The van der Waals surface area contributed by atoms with Gasteiger partial charge in [0.25, 0.3) is 0 Å². The zero-order valence-electron chi connectivity index (χ0n) is 8.41. The third kappa shape index (κ3) is 2.96. The van der Waals surface area contributed by atoms with Gasteiger partial charge >= 0.3 is 16.7 Å². The van der Waals surface area contributed by atoms with Gasteiger partial charge in [-0.05, 0) is 22.0 Å². The number of thioether (sulfide) groups is 1. The molecule has 1 unspecified atom stereocenters. The molecule has 0 aromatic rings. The fourth-order valence-corrected chi connectivity index (χ4v) is 2.11. The van der Waals surface area contributed by atoms with Crippen molar-refractivity contribution in [1.29, 1.82) is 0 Å². The summed E-state index contributed by atoms with van der Waals surface area (Å²) in [7, 11) is 0.